The quantitative estimate of drug-likeness (QED) is 0.0605. The molecule has 0 saturated carbocycles. The first-order valence-electron chi connectivity index (χ1n) is 10.6. The Morgan fingerprint density at radius 2 is 1.27 bits per heavy atom. The minimum atomic E-state index is -4.70. The summed E-state index contributed by atoms with van der Waals surface area (Å²) in [6, 6.07) is 5.88. The van der Waals surface area contributed by atoms with E-state index in [2.05, 4.69) is 46.9 Å². The lowest BCUT2D eigenvalue weighted by molar-refractivity contribution is -0.154. The highest BCUT2D eigenvalue weighted by Crippen LogP contribution is 2.38. The zero-order chi connectivity index (χ0) is 32.4. The molecule has 0 bridgehead atoms. The number of alkyl halides is 8. The number of nitrogen functional groups attached to an aromatic ring is 1. The largest absolute Gasteiger partial charge is 0.479 e. The van der Waals surface area contributed by atoms with Gasteiger partial charge in [0.05, 0.1) is 24.3 Å². The lowest BCUT2D eigenvalue weighted by atomic mass is 10.1. The maximum atomic E-state index is 12.7. The van der Waals surface area contributed by atoms with E-state index in [4.69, 9.17) is 29.1 Å². The number of aliphatic hydroxyl groups is 2. The Morgan fingerprint density at radius 3 is 1.61 bits per heavy atom. The van der Waals surface area contributed by atoms with E-state index in [0.29, 0.717) is 6.07 Å². The van der Waals surface area contributed by atoms with Gasteiger partial charge in [-0.2, -0.15) is 26.3 Å². The fraction of sp³-hybridized carbons (Fsp3) is 0.333. The van der Waals surface area contributed by atoms with Crippen LogP contribution in [-0.4, -0.2) is 49.1 Å². The van der Waals surface area contributed by atoms with Crippen LogP contribution in [0.15, 0.2) is 36.4 Å². The zero-order valence-electron chi connectivity index (χ0n) is 21.0. The Labute approximate surface area is 246 Å². The smallest absolute Gasteiger partial charge is 0.407 e. The van der Waals surface area contributed by atoms with Crippen LogP contribution < -0.4 is 11.1 Å². The molecule has 9 nitrogen and oxygen atoms in total. The van der Waals surface area contributed by atoms with Crippen LogP contribution in [0.5, 0.6) is 0 Å². The summed E-state index contributed by atoms with van der Waals surface area (Å²) < 4.78 is 74.9. The van der Waals surface area contributed by atoms with Gasteiger partial charge in [-0.05, 0) is 38.1 Å². The van der Waals surface area contributed by atoms with Crippen molar-refractivity contribution < 1.29 is 51.3 Å². The number of benzene rings is 2. The molecule has 2 aromatic rings. The lowest BCUT2D eigenvalue weighted by Crippen LogP contribution is -2.41. The summed E-state index contributed by atoms with van der Waals surface area (Å²) in [6.07, 6.45) is -9.21. The van der Waals surface area contributed by atoms with Crippen LogP contribution in [0.1, 0.15) is 25.0 Å². The monoisotopic (exact) mass is 722 g/mol. The molecule has 41 heavy (non-hydrogen) atoms. The van der Waals surface area contributed by atoms with Crippen LogP contribution >= 0.6 is 31.9 Å². The number of halogens is 8. The number of rotatable bonds is 5. The topological polar surface area (TPSA) is 142 Å². The van der Waals surface area contributed by atoms with Gasteiger partial charge in [-0.15, -0.1) is 0 Å². The van der Waals surface area contributed by atoms with E-state index in [0.717, 1.165) is 18.2 Å². The van der Waals surface area contributed by atoms with Gasteiger partial charge in [0.1, 0.15) is 5.60 Å². The van der Waals surface area contributed by atoms with Crippen molar-refractivity contribution in [2.24, 2.45) is 0 Å². The van der Waals surface area contributed by atoms with Gasteiger partial charge in [0.15, 0.2) is 17.0 Å². The van der Waals surface area contributed by atoms with Gasteiger partial charge in [0, 0.05) is 22.0 Å². The number of amides is 1. The van der Waals surface area contributed by atoms with E-state index in [9.17, 15) is 41.0 Å². The molecule has 0 aliphatic carbocycles. The highest BCUT2D eigenvalue weighted by Gasteiger charge is 2.35. The molecule has 0 aliphatic heterocycles. The zero-order valence-corrected chi connectivity index (χ0v) is 24.2. The summed E-state index contributed by atoms with van der Waals surface area (Å²) in [7, 11) is 0. The molecule has 0 fully saturated rings. The van der Waals surface area contributed by atoms with Crippen molar-refractivity contribution >= 4 is 66.5 Å². The van der Waals surface area contributed by atoms with Crippen molar-refractivity contribution in [1.82, 2.24) is 0 Å². The van der Waals surface area contributed by atoms with Crippen molar-refractivity contribution in [3.63, 3.8) is 0 Å². The van der Waals surface area contributed by atoms with E-state index in [1.165, 1.54) is 26.0 Å². The van der Waals surface area contributed by atoms with Crippen molar-refractivity contribution in [3.8, 4) is 0 Å². The molecule has 2 aromatic carbocycles. The number of carboxylic acid groups (broad SMARTS) is 1. The first kappa shape index (κ1) is 37.6. The van der Waals surface area contributed by atoms with E-state index in [-0.39, 0.29) is 22.0 Å². The second kappa shape index (κ2) is 15.0. The molecular weight excluding hydrogens is 702 g/mol. The summed E-state index contributed by atoms with van der Waals surface area (Å²) in [4.78, 5) is 27.2. The van der Waals surface area contributed by atoms with Gasteiger partial charge in [-0.1, -0.05) is 44.0 Å². The van der Waals surface area contributed by atoms with E-state index in [1.54, 1.807) is 0 Å². The third kappa shape index (κ3) is 11.9. The molecule has 224 valence electrons. The number of hydrogen-bond donors (Lipinski definition) is 5. The Bertz CT molecular complexity index is 1320. The predicted octanol–water partition coefficient (Wildman–Crippen LogP) is 6.40. The molecule has 0 heterocycles. The third-order valence-corrected chi connectivity index (χ3v) is 6.78. The SMILES string of the molecule is C[C@](O)(CBr)C(=O)Nc1ccc([15N+]#[13C-])c(C(F)(F)F)c1.C[C@](O)(CBr)C(=O)O.[13C-]#[15N+]c1ccc(N)cc1C(F)(F)F. The molecule has 2 atom stereocenters. The first-order valence-corrected chi connectivity index (χ1v) is 12.9. The summed E-state index contributed by atoms with van der Waals surface area (Å²) >= 11 is 5.76. The molecular formula is C24H22Br2F6N4O5. The highest BCUT2D eigenvalue weighted by atomic mass is 79.9. The number of carbonyl (C=O) groups is 2. The Kier molecular flexibility index (Phi) is 13.8. The van der Waals surface area contributed by atoms with E-state index < -0.39 is 57.9 Å². The van der Waals surface area contributed by atoms with Crippen molar-refractivity contribution in [3.05, 3.63) is 70.4 Å². The second-order valence-corrected chi connectivity index (χ2v) is 9.42. The van der Waals surface area contributed by atoms with Crippen LogP contribution in [-0.2, 0) is 21.9 Å². The molecule has 0 radical (unpaired) electrons. The number of carboxylic acids is 1. The second-order valence-electron chi connectivity index (χ2n) is 8.30. The van der Waals surface area contributed by atoms with Gasteiger partial charge in [-0.3, -0.25) is 4.79 Å². The summed E-state index contributed by atoms with van der Waals surface area (Å²) in [5.74, 6) is -2.06. The number of nitrogens with one attached hydrogen (secondary N) is 1. The van der Waals surface area contributed by atoms with Gasteiger partial charge < -0.3 is 26.4 Å². The molecule has 2 rings (SSSR count). The molecule has 0 spiro atoms. The number of nitrogens with two attached hydrogens (primary N) is 1. The minimum absolute atomic E-state index is 0.000255. The van der Waals surface area contributed by atoms with Crippen LogP contribution in [0.25, 0.3) is 9.69 Å². The predicted molar refractivity (Wildman–Crippen MR) is 145 cm³/mol. The van der Waals surface area contributed by atoms with Gasteiger partial charge in [-0.25, -0.2) is 14.5 Å². The van der Waals surface area contributed by atoms with Gasteiger partial charge >= 0.3 is 18.3 Å². The van der Waals surface area contributed by atoms with Crippen LogP contribution in [0.2, 0.25) is 0 Å². The molecule has 0 unspecified atom stereocenters. The fourth-order valence-electron chi connectivity index (χ4n) is 2.20. The van der Waals surface area contributed by atoms with Crippen molar-refractivity contribution in [1.29, 1.82) is 0 Å². The fourth-order valence-corrected chi connectivity index (χ4v) is 2.69. The number of anilines is 2. The van der Waals surface area contributed by atoms with Crippen molar-refractivity contribution in [2.45, 2.75) is 37.4 Å². The van der Waals surface area contributed by atoms with Gasteiger partial charge in [0.25, 0.3) is 5.91 Å². The molecule has 0 saturated heterocycles. The summed E-state index contributed by atoms with van der Waals surface area (Å²) in [5.41, 5.74) is -1.45. The number of hydrogen-bond acceptors (Lipinski definition) is 5. The van der Waals surface area contributed by atoms with Crippen molar-refractivity contribution in [2.75, 3.05) is 21.7 Å². The average molecular weight is 724 g/mol. The Hall–Kier alpha value is -3.38. The molecule has 1 amide bonds. The summed E-state index contributed by atoms with van der Waals surface area (Å²) in [5, 5.41) is 28.7. The van der Waals surface area contributed by atoms with Crippen LogP contribution in [0.3, 0.4) is 0 Å². The highest BCUT2D eigenvalue weighted by molar-refractivity contribution is 9.09. The average Bonchev–Trinajstić information content (AvgIpc) is 2.88. The van der Waals surface area contributed by atoms with E-state index in [1.807, 2.05) is 0 Å². The first-order chi connectivity index (χ1) is 18.6. The maximum absolute atomic E-state index is 12.7. The Morgan fingerprint density at radius 1 is 0.854 bits per heavy atom. The lowest BCUT2D eigenvalue weighted by Gasteiger charge is -2.20. The standard InChI is InChI=1S/C12H10BrF3N2O2.C8H5F3N2.C4H7BrO3/c1-11(20,6-13)10(19)18-7-3-4-9(17-2)8(5-7)12(14,15)16;1-13-7-3-2-5(12)4-6(7)8(9,10)11;1-4(8,2-5)3(6)7/h3-5,20H,6H2,1H3,(H,18,19);2-4H,12H2;8H,2H2,1H3,(H,6,7)/t11-;;4-/m0.0/s1/i2+1,17+1;1+1,13+1;. The van der Waals surface area contributed by atoms with Gasteiger partial charge in [0.2, 0.25) is 0 Å². The third-order valence-electron chi connectivity index (χ3n) is 4.60. The van der Waals surface area contributed by atoms with Crippen LogP contribution in [0, 0.1) is 13.1 Å². The van der Waals surface area contributed by atoms with E-state index >= 15 is 0 Å². The normalized spacial score (nSPS) is 13.8. The van der Waals surface area contributed by atoms with Crippen LogP contribution in [0.4, 0.5) is 49.1 Å². The number of aliphatic carboxylic acids is 1. The minimum Gasteiger partial charge on any atom is -0.479 e. The summed E-state index contributed by atoms with van der Waals surface area (Å²) in [6.45, 7) is 15.7. The maximum Gasteiger partial charge on any atom is 0.407 e. The molecule has 0 aliphatic rings. The molecule has 0 aromatic heterocycles. The number of carbonyl (C=O) groups excluding carboxylic acids is 1. The molecule has 6 N–H and O–H groups in total. The Balaban J connectivity index is 0.000000652. The number of nitrogens with zero attached hydrogens (tertiary/aromatic N) is 2. The molecule has 17 heteroatoms.